The number of nitrogens with one attached hydrogen (secondary N) is 1. The third-order valence-electron chi connectivity index (χ3n) is 2.55. The van der Waals surface area contributed by atoms with Gasteiger partial charge in [-0.15, -0.1) is 0 Å². The average Bonchev–Trinajstić information content (AvgIpc) is 2.44. The first-order chi connectivity index (χ1) is 9.85. The van der Waals surface area contributed by atoms with Gasteiger partial charge in [0.15, 0.2) is 0 Å². The second-order valence-electron chi connectivity index (χ2n) is 3.96. The Kier molecular flexibility index (Phi) is 4.25. The standard InChI is InChI=1S/C13H7BrF2N2O2S/c14-9-5-11(16)12(6-10(9)15)18-21(19,20)13-4-2-1-3-8(13)7-17/h1-6,18H. The Hall–Kier alpha value is -1.98. The fourth-order valence-electron chi connectivity index (χ4n) is 1.59. The molecule has 4 nitrogen and oxygen atoms in total. The molecule has 0 unspecified atom stereocenters. The molecule has 1 N–H and O–H groups in total. The fraction of sp³-hybridized carbons (Fsp3) is 0. The first kappa shape index (κ1) is 15.4. The summed E-state index contributed by atoms with van der Waals surface area (Å²) in [5.41, 5.74) is -0.633. The van der Waals surface area contributed by atoms with E-state index in [4.69, 9.17) is 5.26 Å². The van der Waals surface area contributed by atoms with Crippen LogP contribution in [-0.4, -0.2) is 8.42 Å². The number of hydrogen-bond acceptors (Lipinski definition) is 3. The summed E-state index contributed by atoms with van der Waals surface area (Å²) in [5.74, 6) is -1.76. The molecule has 0 aromatic heterocycles. The van der Waals surface area contributed by atoms with Crippen LogP contribution in [0.2, 0.25) is 0 Å². The minimum atomic E-state index is -4.20. The van der Waals surface area contributed by atoms with Gasteiger partial charge in [-0.05, 0) is 34.1 Å². The molecule has 0 aliphatic carbocycles. The molecule has 0 radical (unpaired) electrons. The van der Waals surface area contributed by atoms with Gasteiger partial charge in [-0.2, -0.15) is 5.26 Å². The van der Waals surface area contributed by atoms with Crippen molar-refractivity contribution < 1.29 is 17.2 Å². The topological polar surface area (TPSA) is 70.0 Å². The van der Waals surface area contributed by atoms with E-state index in [1.807, 2.05) is 4.72 Å². The molecule has 0 amide bonds. The molecule has 0 fully saturated rings. The summed E-state index contributed by atoms with van der Waals surface area (Å²) in [5, 5.41) is 8.90. The van der Waals surface area contributed by atoms with Gasteiger partial charge in [0.05, 0.1) is 15.7 Å². The summed E-state index contributed by atoms with van der Waals surface area (Å²) in [7, 11) is -4.20. The van der Waals surface area contributed by atoms with Gasteiger partial charge in [-0.25, -0.2) is 17.2 Å². The lowest BCUT2D eigenvalue weighted by Crippen LogP contribution is -2.15. The van der Waals surface area contributed by atoms with E-state index in [1.54, 1.807) is 6.07 Å². The highest BCUT2D eigenvalue weighted by Crippen LogP contribution is 2.26. The minimum absolute atomic E-state index is 0.0945. The van der Waals surface area contributed by atoms with Crippen molar-refractivity contribution in [3.63, 3.8) is 0 Å². The van der Waals surface area contributed by atoms with Crippen LogP contribution in [0.5, 0.6) is 0 Å². The second kappa shape index (κ2) is 5.79. The van der Waals surface area contributed by atoms with Gasteiger partial charge in [0, 0.05) is 6.07 Å². The Labute approximate surface area is 128 Å². The molecule has 0 bridgehead atoms. The number of hydrogen-bond donors (Lipinski definition) is 1. The zero-order chi connectivity index (χ0) is 15.6. The molecule has 0 spiro atoms. The highest BCUT2D eigenvalue weighted by Gasteiger charge is 2.20. The van der Waals surface area contributed by atoms with Crippen LogP contribution < -0.4 is 4.72 Å². The molecule has 0 heterocycles. The van der Waals surface area contributed by atoms with Crippen molar-refractivity contribution in [1.29, 1.82) is 5.26 Å². The van der Waals surface area contributed by atoms with E-state index < -0.39 is 27.3 Å². The molecule has 0 aliphatic heterocycles. The van der Waals surface area contributed by atoms with Crippen molar-refractivity contribution in [2.24, 2.45) is 0 Å². The van der Waals surface area contributed by atoms with Crippen molar-refractivity contribution in [2.75, 3.05) is 4.72 Å². The third kappa shape index (κ3) is 3.20. The third-order valence-corrected chi connectivity index (χ3v) is 4.58. The lowest BCUT2D eigenvalue weighted by molar-refractivity contribution is 0.591. The summed E-state index contributed by atoms with van der Waals surface area (Å²) in [4.78, 5) is -0.310. The predicted molar refractivity (Wildman–Crippen MR) is 76.0 cm³/mol. The van der Waals surface area contributed by atoms with Crippen molar-refractivity contribution in [3.05, 3.63) is 58.1 Å². The summed E-state index contributed by atoms with van der Waals surface area (Å²) in [6.07, 6.45) is 0. The van der Waals surface area contributed by atoms with E-state index in [0.29, 0.717) is 6.07 Å². The molecule has 0 atom stereocenters. The van der Waals surface area contributed by atoms with Crippen LogP contribution in [-0.2, 0) is 10.0 Å². The number of nitrogens with zero attached hydrogens (tertiary/aromatic N) is 1. The van der Waals surface area contributed by atoms with Gasteiger partial charge < -0.3 is 0 Å². The van der Waals surface area contributed by atoms with Crippen molar-refractivity contribution >= 4 is 31.6 Å². The van der Waals surface area contributed by atoms with Gasteiger partial charge in [0.25, 0.3) is 10.0 Å². The van der Waals surface area contributed by atoms with Crippen molar-refractivity contribution in [3.8, 4) is 6.07 Å². The van der Waals surface area contributed by atoms with Gasteiger partial charge in [-0.1, -0.05) is 12.1 Å². The monoisotopic (exact) mass is 372 g/mol. The van der Waals surface area contributed by atoms with Crippen LogP contribution in [0.15, 0.2) is 45.8 Å². The zero-order valence-electron chi connectivity index (χ0n) is 10.3. The summed E-state index contributed by atoms with van der Waals surface area (Å²) in [6.45, 7) is 0. The maximum absolute atomic E-state index is 13.7. The van der Waals surface area contributed by atoms with Crippen molar-refractivity contribution in [1.82, 2.24) is 0 Å². The van der Waals surface area contributed by atoms with Crippen LogP contribution in [0, 0.1) is 23.0 Å². The fourth-order valence-corrected chi connectivity index (χ4v) is 3.13. The van der Waals surface area contributed by atoms with E-state index >= 15 is 0 Å². The van der Waals surface area contributed by atoms with Crippen LogP contribution >= 0.6 is 15.9 Å². The normalized spacial score (nSPS) is 11.0. The largest absolute Gasteiger partial charge is 0.277 e. The maximum atomic E-state index is 13.7. The van der Waals surface area contributed by atoms with Gasteiger partial charge in [-0.3, -0.25) is 4.72 Å². The van der Waals surface area contributed by atoms with E-state index in [1.165, 1.54) is 24.3 Å². The van der Waals surface area contributed by atoms with E-state index in [9.17, 15) is 17.2 Å². The number of anilines is 1. The number of halogens is 3. The molecular weight excluding hydrogens is 366 g/mol. The van der Waals surface area contributed by atoms with E-state index in [2.05, 4.69) is 15.9 Å². The van der Waals surface area contributed by atoms with E-state index in [-0.39, 0.29) is 14.9 Å². The Morgan fingerprint density at radius 2 is 1.81 bits per heavy atom. The quantitative estimate of drug-likeness (QED) is 0.839. The number of nitriles is 1. The molecule has 0 saturated carbocycles. The van der Waals surface area contributed by atoms with E-state index in [0.717, 1.165) is 6.07 Å². The Bertz CT molecular complexity index is 848. The molecule has 8 heteroatoms. The average molecular weight is 373 g/mol. The summed E-state index contributed by atoms with van der Waals surface area (Å²) < 4.78 is 53.2. The molecule has 108 valence electrons. The summed E-state index contributed by atoms with van der Waals surface area (Å²) >= 11 is 2.79. The molecule has 21 heavy (non-hydrogen) atoms. The van der Waals surface area contributed by atoms with Gasteiger partial charge in [0.2, 0.25) is 0 Å². The molecule has 0 saturated heterocycles. The summed E-state index contributed by atoms with van der Waals surface area (Å²) in [6, 6.07) is 8.69. The number of benzene rings is 2. The Morgan fingerprint density at radius 3 is 2.48 bits per heavy atom. The van der Waals surface area contributed by atoms with Crippen molar-refractivity contribution in [2.45, 2.75) is 4.90 Å². The zero-order valence-corrected chi connectivity index (χ0v) is 12.7. The maximum Gasteiger partial charge on any atom is 0.263 e. The Balaban J connectivity index is 2.48. The van der Waals surface area contributed by atoms with Gasteiger partial charge >= 0.3 is 0 Å². The van der Waals surface area contributed by atoms with Crippen LogP contribution in [0.25, 0.3) is 0 Å². The first-order valence-corrected chi connectivity index (χ1v) is 7.79. The van der Waals surface area contributed by atoms with Crippen LogP contribution in [0.1, 0.15) is 5.56 Å². The number of sulfonamides is 1. The highest BCUT2D eigenvalue weighted by molar-refractivity contribution is 9.10. The molecular formula is C13H7BrF2N2O2S. The Morgan fingerprint density at radius 1 is 1.14 bits per heavy atom. The van der Waals surface area contributed by atoms with Crippen LogP contribution in [0.4, 0.5) is 14.5 Å². The molecule has 0 aliphatic rings. The SMILES string of the molecule is N#Cc1ccccc1S(=O)(=O)Nc1cc(F)c(Br)cc1F. The molecule has 2 rings (SSSR count). The first-order valence-electron chi connectivity index (χ1n) is 5.51. The lowest BCUT2D eigenvalue weighted by Gasteiger charge is -2.10. The number of rotatable bonds is 3. The predicted octanol–water partition coefficient (Wildman–Crippen LogP) is 3.40. The van der Waals surface area contributed by atoms with Crippen LogP contribution in [0.3, 0.4) is 0 Å². The van der Waals surface area contributed by atoms with Gasteiger partial charge in [0.1, 0.15) is 22.6 Å². The highest BCUT2D eigenvalue weighted by atomic mass is 79.9. The molecule has 2 aromatic carbocycles. The lowest BCUT2D eigenvalue weighted by atomic mass is 10.2. The minimum Gasteiger partial charge on any atom is -0.277 e. The smallest absolute Gasteiger partial charge is 0.263 e. The molecule has 2 aromatic rings. The second-order valence-corrected chi connectivity index (χ2v) is 6.46.